The number of likely N-dealkylation sites (tertiary alicyclic amines) is 2. The van der Waals surface area contributed by atoms with Crippen molar-refractivity contribution in [2.45, 2.75) is 57.6 Å². The van der Waals surface area contributed by atoms with Gasteiger partial charge in [-0.2, -0.15) is 0 Å². The summed E-state index contributed by atoms with van der Waals surface area (Å²) in [5.41, 5.74) is 3.14. The highest BCUT2D eigenvalue weighted by Crippen LogP contribution is 2.33. The van der Waals surface area contributed by atoms with E-state index in [4.69, 9.17) is 4.74 Å². The van der Waals surface area contributed by atoms with Gasteiger partial charge < -0.3 is 24.2 Å². The Morgan fingerprint density at radius 1 is 0.925 bits per heavy atom. The summed E-state index contributed by atoms with van der Waals surface area (Å²) < 4.78 is 8.32. The molecule has 210 valence electrons. The highest BCUT2D eigenvalue weighted by Gasteiger charge is 2.26. The van der Waals surface area contributed by atoms with Crippen molar-refractivity contribution < 1.29 is 14.6 Å². The molecular weight excluding hydrogens is 498 g/mol. The van der Waals surface area contributed by atoms with Gasteiger partial charge in [0.15, 0.2) is 0 Å². The molecule has 6 nitrogen and oxygen atoms in total. The van der Waals surface area contributed by atoms with Crippen LogP contribution in [0.5, 0.6) is 5.75 Å². The second-order valence-electron chi connectivity index (χ2n) is 11.8. The lowest BCUT2D eigenvalue weighted by molar-refractivity contribution is 0.0599. The normalized spacial score (nSPS) is 17.8. The molecule has 0 spiro atoms. The number of β-amino-alcohol motifs (C(OH)–C–C–N with tert-alkyl or cyclic N) is 1. The zero-order valence-corrected chi connectivity index (χ0v) is 23.8. The Hall–Kier alpha value is -3.35. The first-order valence-electron chi connectivity index (χ1n) is 14.9. The minimum Gasteiger partial charge on any atom is -0.490 e. The van der Waals surface area contributed by atoms with Crippen molar-refractivity contribution in [1.82, 2.24) is 14.4 Å². The van der Waals surface area contributed by atoms with E-state index in [0.29, 0.717) is 12.5 Å². The van der Waals surface area contributed by atoms with Crippen LogP contribution in [0.2, 0.25) is 0 Å². The molecule has 0 bridgehead atoms. The van der Waals surface area contributed by atoms with E-state index in [1.54, 1.807) is 0 Å². The predicted octanol–water partition coefficient (Wildman–Crippen LogP) is 6.23. The maximum absolute atomic E-state index is 13.3. The van der Waals surface area contributed by atoms with Crippen LogP contribution in [0, 0.1) is 0 Å². The number of piperidine rings is 1. The maximum Gasteiger partial charge on any atom is 0.270 e. The van der Waals surface area contributed by atoms with Crippen molar-refractivity contribution in [3.05, 3.63) is 78.0 Å². The fourth-order valence-electron chi connectivity index (χ4n) is 6.60. The van der Waals surface area contributed by atoms with Gasteiger partial charge in [-0.15, -0.1) is 0 Å². The standard InChI is InChI=1S/C34H41N3O3/c1-24(2)37-31-10-7-11-33(30(31)21-32(37)34(39)36-16-5-6-17-36)40-23-29(38)22-35-18-14-26(15-19-35)28-13-12-25-8-3-4-9-27(25)20-28/h3-4,7-13,20-21,24,26,29,38H,5-6,14-19,22-23H2,1-2H3/t29-/m0/s1. The van der Waals surface area contributed by atoms with Crippen LogP contribution in [0.25, 0.3) is 21.7 Å². The number of carbonyl (C=O) groups excluding carboxylic acids is 1. The third-order valence-electron chi connectivity index (χ3n) is 8.70. The first-order valence-corrected chi connectivity index (χ1v) is 14.9. The Bertz CT molecular complexity index is 1480. The highest BCUT2D eigenvalue weighted by atomic mass is 16.5. The summed E-state index contributed by atoms with van der Waals surface area (Å²) in [4.78, 5) is 17.6. The Morgan fingerprint density at radius 3 is 2.42 bits per heavy atom. The molecule has 2 aliphatic rings. The van der Waals surface area contributed by atoms with Gasteiger partial charge in [0.05, 0.1) is 5.52 Å². The lowest BCUT2D eigenvalue weighted by atomic mass is 9.88. The number of aliphatic hydroxyl groups excluding tert-OH is 1. The maximum atomic E-state index is 13.3. The molecule has 4 aromatic rings. The first kappa shape index (κ1) is 26.9. The van der Waals surface area contributed by atoms with Gasteiger partial charge >= 0.3 is 0 Å². The van der Waals surface area contributed by atoms with Crippen LogP contribution in [0.1, 0.15) is 67.5 Å². The Balaban J connectivity index is 1.07. The molecule has 2 fully saturated rings. The molecule has 1 atom stereocenters. The van der Waals surface area contributed by atoms with Crippen molar-refractivity contribution in [3.63, 3.8) is 0 Å². The monoisotopic (exact) mass is 539 g/mol. The number of amides is 1. The Labute approximate surface area is 237 Å². The summed E-state index contributed by atoms with van der Waals surface area (Å²) in [7, 11) is 0. The number of rotatable bonds is 8. The number of ether oxygens (including phenoxy) is 1. The lowest BCUT2D eigenvalue weighted by Crippen LogP contribution is -2.40. The van der Waals surface area contributed by atoms with Gasteiger partial charge in [0.1, 0.15) is 24.2 Å². The summed E-state index contributed by atoms with van der Waals surface area (Å²) >= 11 is 0. The first-order chi connectivity index (χ1) is 19.5. The molecule has 3 aromatic carbocycles. The van der Waals surface area contributed by atoms with E-state index < -0.39 is 6.10 Å². The molecule has 6 heteroatoms. The van der Waals surface area contributed by atoms with Gasteiger partial charge in [-0.05, 0) is 93.1 Å². The number of hydrogen-bond donors (Lipinski definition) is 1. The number of carbonyl (C=O) groups is 1. The van der Waals surface area contributed by atoms with E-state index in [9.17, 15) is 9.90 Å². The zero-order chi connectivity index (χ0) is 27.6. The molecular formula is C34H41N3O3. The smallest absolute Gasteiger partial charge is 0.270 e. The van der Waals surface area contributed by atoms with E-state index in [1.807, 2.05) is 23.1 Å². The van der Waals surface area contributed by atoms with Gasteiger partial charge in [-0.1, -0.05) is 48.5 Å². The van der Waals surface area contributed by atoms with Crippen LogP contribution in [-0.2, 0) is 0 Å². The number of aliphatic hydroxyl groups is 1. The Morgan fingerprint density at radius 2 is 1.68 bits per heavy atom. The number of benzene rings is 3. The van der Waals surface area contributed by atoms with E-state index in [1.165, 1.54) is 16.3 Å². The number of hydrogen-bond acceptors (Lipinski definition) is 4. The zero-order valence-electron chi connectivity index (χ0n) is 23.8. The van der Waals surface area contributed by atoms with Crippen molar-refractivity contribution in [3.8, 4) is 5.75 Å². The average Bonchev–Trinajstić information content (AvgIpc) is 3.65. The van der Waals surface area contributed by atoms with Crippen LogP contribution < -0.4 is 4.74 Å². The molecule has 0 radical (unpaired) electrons. The molecule has 0 saturated carbocycles. The van der Waals surface area contributed by atoms with Crippen LogP contribution in [-0.4, -0.2) is 70.8 Å². The molecule has 1 aromatic heterocycles. The number of fused-ring (bicyclic) bond motifs is 2. The van der Waals surface area contributed by atoms with Gasteiger partial charge in [0.2, 0.25) is 0 Å². The van der Waals surface area contributed by atoms with Gasteiger partial charge in [-0.25, -0.2) is 0 Å². The van der Waals surface area contributed by atoms with E-state index >= 15 is 0 Å². The molecule has 40 heavy (non-hydrogen) atoms. The fraction of sp³-hybridized carbons (Fsp3) is 0.441. The molecule has 1 N–H and O–H groups in total. The van der Waals surface area contributed by atoms with Gasteiger partial charge in [-0.3, -0.25) is 4.79 Å². The number of aromatic nitrogens is 1. The van der Waals surface area contributed by atoms with E-state index in [0.717, 1.165) is 74.2 Å². The van der Waals surface area contributed by atoms with Crippen molar-refractivity contribution in [2.24, 2.45) is 0 Å². The lowest BCUT2D eigenvalue weighted by Gasteiger charge is -2.33. The second kappa shape index (κ2) is 11.6. The van der Waals surface area contributed by atoms with E-state index in [2.05, 4.69) is 71.8 Å². The number of nitrogens with zero attached hydrogens (tertiary/aromatic N) is 3. The molecule has 6 rings (SSSR count). The molecule has 0 unspecified atom stereocenters. The minimum atomic E-state index is -0.578. The molecule has 2 aliphatic heterocycles. The largest absolute Gasteiger partial charge is 0.490 e. The summed E-state index contributed by atoms with van der Waals surface area (Å²) in [5, 5.41) is 14.4. The summed E-state index contributed by atoms with van der Waals surface area (Å²) in [6, 6.07) is 23.5. The topological polar surface area (TPSA) is 57.9 Å². The van der Waals surface area contributed by atoms with Crippen LogP contribution in [0.15, 0.2) is 66.7 Å². The quantitative estimate of drug-likeness (QED) is 0.288. The highest BCUT2D eigenvalue weighted by molar-refractivity contribution is 6.00. The fourth-order valence-corrected chi connectivity index (χ4v) is 6.60. The molecule has 3 heterocycles. The molecule has 2 saturated heterocycles. The third kappa shape index (κ3) is 5.48. The van der Waals surface area contributed by atoms with Crippen molar-refractivity contribution in [2.75, 3.05) is 39.3 Å². The predicted molar refractivity (Wildman–Crippen MR) is 161 cm³/mol. The van der Waals surface area contributed by atoms with Gasteiger partial charge in [0.25, 0.3) is 5.91 Å². The molecule has 1 amide bonds. The van der Waals surface area contributed by atoms with Crippen molar-refractivity contribution >= 4 is 27.6 Å². The minimum absolute atomic E-state index is 0.0977. The van der Waals surface area contributed by atoms with Crippen LogP contribution in [0.3, 0.4) is 0 Å². The summed E-state index contributed by atoms with van der Waals surface area (Å²) in [5.74, 6) is 1.39. The second-order valence-corrected chi connectivity index (χ2v) is 11.8. The average molecular weight is 540 g/mol. The molecule has 0 aliphatic carbocycles. The Kier molecular flexibility index (Phi) is 7.81. The third-order valence-corrected chi connectivity index (χ3v) is 8.70. The summed E-state index contributed by atoms with van der Waals surface area (Å²) in [6.45, 7) is 8.66. The van der Waals surface area contributed by atoms with Crippen molar-refractivity contribution in [1.29, 1.82) is 0 Å². The van der Waals surface area contributed by atoms with Crippen LogP contribution in [0.4, 0.5) is 0 Å². The van der Waals surface area contributed by atoms with E-state index in [-0.39, 0.29) is 18.6 Å². The summed E-state index contributed by atoms with van der Waals surface area (Å²) in [6.07, 6.45) is 3.76. The van der Waals surface area contributed by atoms with Gasteiger partial charge in [0, 0.05) is 31.1 Å². The van der Waals surface area contributed by atoms with Crippen LogP contribution >= 0.6 is 0 Å². The SMILES string of the molecule is CC(C)n1c(C(=O)N2CCCC2)cc2c(OC[C@@H](O)CN3CCC(c4ccc5ccccc5c4)CC3)cccc21.